The number of likely N-dealkylation sites (tertiary alicyclic amines) is 1. The number of aliphatic hydroxyl groups is 1. The van der Waals surface area contributed by atoms with E-state index in [2.05, 4.69) is 10.2 Å². The van der Waals surface area contributed by atoms with Gasteiger partial charge in [0.1, 0.15) is 18.5 Å². The Hall–Kier alpha value is -1.75. The molecule has 0 amide bonds. The van der Waals surface area contributed by atoms with Gasteiger partial charge in [-0.3, -0.25) is 0 Å². The molecule has 1 fully saturated rings. The van der Waals surface area contributed by atoms with Gasteiger partial charge in [-0.15, -0.1) is 0 Å². The average Bonchev–Trinajstić information content (AvgIpc) is 2.65. The number of halogens is 1. The number of hydrogen-bond acceptors (Lipinski definition) is 4. The first-order valence-corrected chi connectivity index (χ1v) is 9.58. The Balaban J connectivity index is 1.36. The van der Waals surface area contributed by atoms with E-state index >= 15 is 0 Å². The summed E-state index contributed by atoms with van der Waals surface area (Å²) in [6.07, 6.45) is 1.65. The van der Waals surface area contributed by atoms with Crippen molar-refractivity contribution >= 4 is 17.3 Å². The first-order valence-electron chi connectivity index (χ1n) is 9.20. The zero-order valence-corrected chi connectivity index (χ0v) is 16.0. The van der Waals surface area contributed by atoms with E-state index in [0.29, 0.717) is 19.2 Å². The number of rotatable bonds is 7. The molecule has 4 nitrogen and oxygen atoms in total. The second-order valence-corrected chi connectivity index (χ2v) is 7.44. The van der Waals surface area contributed by atoms with Crippen molar-refractivity contribution in [1.29, 1.82) is 0 Å². The molecule has 140 valence electrons. The van der Waals surface area contributed by atoms with Crippen LogP contribution >= 0.6 is 11.6 Å². The maximum absolute atomic E-state index is 10.2. The van der Waals surface area contributed by atoms with Gasteiger partial charge in [0.25, 0.3) is 0 Å². The van der Waals surface area contributed by atoms with Crippen LogP contribution in [0.1, 0.15) is 18.4 Å². The van der Waals surface area contributed by atoms with Crippen LogP contribution in [0.15, 0.2) is 48.5 Å². The number of hydrogen-bond donors (Lipinski definition) is 2. The van der Waals surface area contributed by atoms with Gasteiger partial charge in [-0.05, 0) is 56.2 Å². The number of anilines is 1. The number of nitrogens with one attached hydrogen (secondary N) is 1. The molecule has 0 radical (unpaired) electrons. The quantitative estimate of drug-likeness (QED) is 0.769. The summed E-state index contributed by atoms with van der Waals surface area (Å²) in [4.78, 5) is 2.31. The van der Waals surface area contributed by atoms with Gasteiger partial charge >= 0.3 is 0 Å². The van der Waals surface area contributed by atoms with Crippen LogP contribution in [0.25, 0.3) is 0 Å². The Morgan fingerprint density at radius 3 is 2.42 bits per heavy atom. The molecule has 2 aromatic rings. The fraction of sp³-hybridized carbons (Fsp3) is 0.429. The minimum absolute atomic E-state index is 0.325. The first kappa shape index (κ1) is 19.0. The van der Waals surface area contributed by atoms with Crippen LogP contribution in [-0.2, 0) is 0 Å². The molecule has 0 bridgehead atoms. The zero-order chi connectivity index (χ0) is 18.4. The molecule has 1 saturated heterocycles. The smallest absolute Gasteiger partial charge is 0.119 e. The molecule has 2 N–H and O–H groups in total. The molecule has 26 heavy (non-hydrogen) atoms. The topological polar surface area (TPSA) is 44.7 Å². The van der Waals surface area contributed by atoms with Gasteiger partial charge in [0.2, 0.25) is 0 Å². The van der Waals surface area contributed by atoms with Crippen LogP contribution in [0.5, 0.6) is 5.75 Å². The van der Waals surface area contributed by atoms with E-state index in [1.54, 1.807) is 0 Å². The highest BCUT2D eigenvalue weighted by Gasteiger charge is 2.21. The molecule has 0 spiro atoms. The normalized spacial score (nSPS) is 17.0. The Kier molecular flexibility index (Phi) is 6.78. The molecule has 5 heteroatoms. The van der Waals surface area contributed by atoms with Crippen LogP contribution in [0, 0.1) is 6.92 Å². The van der Waals surface area contributed by atoms with E-state index in [-0.39, 0.29) is 0 Å². The van der Waals surface area contributed by atoms with Gasteiger partial charge in [0, 0.05) is 36.4 Å². The SMILES string of the molecule is Cc1ccc(OC[C@@H](O)CN2CCC(Nc3ccc(Cl)cc3)CC2)cc1. The molecule has 0 aromatic heterocycles. The molecule has 3 rings (SSSR count). The van der Waals surface area contributed by atoms with Crippen molar-refractivity contribution in [2.75, 3.05) is 31.6 Å². The second-order valence-electron chi connectivity index (χ2n) is 7.00. The van der Waals surface area contributed by atoms with Gasteiger partial charge in [-0.25, -0.2) is 0 Å². The van der Waals surface area contributed by atoms with Crippen molar-refractivity contribution in [2.45, 2.75) is 31.9 Å². The van der Waals surface area contributed by atoms with E-state index < -0.39 is 6.10 Å². The minimum atomic E-state index is -0.475. The van der Waals surface area contributed by atoms with Crippen molar-refractivity contribution in [2.24, 2.45) is 0 Å². The van der Waals surface area contributed by atoms with Crippen molar-refractivity contribution in [3.63, 3.8) is 0 Å². The zero-order valence-electron chi connectivity index (χ0n) is 15.2. The Labute approximate surface area is 160 Å². The molecule has 2 aromatic carbocycles. The fourth-order valence-corrected chi connectivity index (χ4v) is 3.35. The Morgan fingerprint density at radius 1 is 1.12 bits per heavy atom. The predicted molar refractivity (Wildman–Crippen MR) is 107 cm³/mol. The largest absolute Gasteiger partial charge is 0.491 e. The third-order valence-corrected chi connectivity index (χ3v) is 4.99. The summed E-state index contributed by atoms with van der Waals surface area (Å²) in [5.74, 6) is 0.806. The highest BCUT2D eigenvalue weighted by Crippen LogP contribution is 2.19. The molecule has 1 aliphatic heterocycles. The second kappa shape index (κ2) is 9.26. The maximum atomic E-state index is 10.2. The van der Waals surface area contributed by atoms with E-state index in [4.69, 9.17) is 16.3 Å². The summed E-state index contributed by atoms with van der Waals surface area (Å²) in [7, 11) is 0. The summed E-state index contributed by atoms with van der Waals surface area (Å²) < 4.78 is 5.67. The summed E-state index contributed by atoms with van der Waals surface area (Å²) in [6, 6.07) is 16.2. The lowest BCUT2D eigenvalue weighted by molar-refractivity contribution is 0.0605. The number of aryl methyl sites for hydroxylation is 1. The molecule has 0 saturated carbocycles. The highest BCUT2D eigenvalue weighted by molar-refractivity contribution is 6.30. The van der Waals surface area contributed by atoms with E-state index in [1.807, 2.05) is 55.5 Å². The lowest BCUT2D eigenvalue weighted by Crippen LogP contribution is -2.43. The fourth-order valence-electron chi connectivity index (χ4n) is 3.22. The van der Waals surface area contributed by atoms with Crippen LogP contribution in [0.3, 0.4) is 0 Å². The van der Waals surface area contributed by atoms with E-state index in [0.717, 1.165) is 42.4 Å². The van der Waals surface area contributed by atoms with Gasteiger partial charge < -0.3 is 20.1 Å². The third-order valence-electron chi connectivity index (χ3n) is 4.73. The van der Waals surface area contributed by atoms with Crippen molar-refractivity contribution in [1.82, 2.24) is 4.90 Å². The van der Waals surface area contributed by atoms with Gasteiger partial charge in [0.05, 0.1) is 0 Å². The lowest BCUT2D eigenvalue weighted by atomic mass is 10.0. The third kappa shape index (κ3) is 5.90. The van der Waals surface area contributed by atoms with Crippen molar-refractivity contribution < 1.29 is 9.84 Å². The number of benzene rings is 2. The van der Waals surface area contributed by atoms with Crippen LogP contribution in [0.4, 0.5) is 5.69 Å². The van der Waals surface area contributed by atoms with E-state index in [9.17, 15) is 5.11 Å². The highest BCUT2D eigenvalue weighted by atomic mass is 35.5. The average molecular weight is 375 g/mol. The van der Waals surface area contributed by atoms with Gasteiger partial charge in [-0.1, -0.05) is 29.3 Å². The number of nitrogens with zero attached hydrogens (tertiary/aromatic N) is 1. The minimum Gasteiger partial charge on any atom is -0.491 e. The summed E-state index contributed by atoms with van der Waals surface area (Å²) in [5, 5.41) is 14.6. The lowest BCUT2D eigenvalue weighted by Gasteiger charge is -2.33. The number of β-amino-alcohol motifs (C(OH)–C–C–N with tert-alkyl or cyclic N) is 1. The first-order chi connectivity index (χ1) is 12.6. The predicted octanol–water partition coefficient (Wildman–Crippen LogP) is 3.96. The van der Waals surface area contributed by atoms with Crippen LogP contribution in [-0.4, -0.2) is 48.4 Å². The van der Waals surface area contributed by atoms with Crippen molar-refractivity contribution in [3.8, 4) is 5.75 Å². The number of ether oxygens (including phenoxy) is 1. The summed E-state index contributed by atoms with van der Waals surface area (Å²) in [5.41, 5.74) is 2.31. The van der Waals surface area contributed by atoms with Crippen LogP contribution in [0.2, 0.25) is 5.02 Å². The Morgan fingerprint density at radius 2 is 1.77 bits per heavy atom. The molecule has 1 atom stereocenters. The molecule has 0 aliphatic carbocycles. The molecular weight excluding hydrogens is 348 g/mol. The number of piperidine rings is 1. The monoisotopic (exact) mass is 374 g/mol. The van der Waals surface area contributed by atoms with Gasteiger partial charge in [-0.2, -0.15) is 0 Å². The number of aliphatic hydroxyl groups excluding tert-OH is 1. The van der Waals surface area contributed by atoms with Crippen molar-refractivity contribution in [3.05, 3.63) is 59.1 Å². The van der Waals surface area contributed by atoms with Gasteiger partial charge in [0.15, 0.2) is 0 Å². The van der Waals surface area contributed by atoms with Crippen LogP contribution < -0.4 is 10.1 Å². The molecular formula is C21H27ClN2O2. The standard InChI is InChI=1S/C21H27ClN2O2/c1-16-2-8-21(9-3-16)26-15-20(25)14-24-12-10-19(11-13-24)23-18-6-4-17(22)5-7-18/h2-9,19-20,23,25H,10-15H2,1H3/t20-/m0/s1. The Bertz CT molecular complexity index is 667. The summed E-state index contributed by atoms with van der Waals surface area (Å²) >= 11 is 5.93. The van der Waals surface area contributed by atoms with E-state index in [1.165, 1.54) is 5.56 Å². The molecule has 1 aliphatic rings. The molecule has 1 heterocycles. The summed E-state index contributed by atoms with van der Waals surface area (Å²) in [6.45, 7) is 4.98. The molecule has 0 unspecified atom stereocenters. The maximum Gasteiger partial charge on any atom is 0.119 e.